The fraction of sp³-hybridized carbons (Fsp3) is 0.211. The van der Waals surface area contributed by atoms with Crippen molar-refractivity contribution in [1.82, 2.24) is 10.2 Å². The Labute approximate surface area is 159 Å². The van der Waals surface area contributed by atoms with Gasteiger partial charge in [-0.3, -0.25) is 0 Å². The summed E-state index contributed by atoms with van der Waals surface area (Å²) < 4.78 is 32.1. The maximum atomic E-state index is 12.0. The van der Waals surface area contributed by atoms with Crippen LogP contribution in [0.4, 0.5) is 0 Å². The molecule has 3 aromatic rings. The first-order valence-corrected chi connectivity index (χ1v) is 8.41. The van der Waals surface area contributed by atoms with Gasteiger partial charge in [0.15, 0.2) is 23.9 Å². The zero-order valence-electron chi connectivity index (χ0n) is 14.9. The van der Waals surface area contributed by atoms with E-state index >= 15 is 0 Å². The van der Waals surface area contributed by atoms with Gasteiger partial charge in [-0.2, -0.15) is 0 Å². The van der Waals surface area contributed by atoms with Crippen molar-refractivity contribution in [2.24, 2.45) is 0 Å². The van der Waals surface area contributed by atoms with Crippen molar-refractivity contribution in [3.63, 3.8) is 0 Å². The highest BCUT2D eigenvalue weighted by Crippen LogP contribution is 2.40. The summed E-state index contributed by atoms with van der Waals surface area (Å²) in [6.07, 6.45) is 4.37. The van der Waals surface area contributed by atoms with E-state index in [-0.39, 0.29) is 18.4 Å². The van der Waals surface area contributed by atoms with Gasteiger partial charge in [0.2, 0.25) is 5.75 Å². The van der Waals surface area contributed by atoms with Crippen molar-refractivity contribution in [3.05, 3.63) is 48.1 Å². The zero-order chi connectivity index (χ0) is 19.3. The summed E-state index contributed by atoms with van der Waals surface area (Å²) in [5, 5.41) is 7.64. The molecule has 1 aliphatic heterocycles. The van der Waals surface area contributed by atoms with E-state index in [2.05, 4.69) is 10.2 Å². The molecule has 9 nitrogen and oxygen atoms in total. The molecule has 0 fully saturated rings. The third kappa shape index (κ3) is 3.83. The highest BCUT2D eigenvalue weighted by atomic mass is 16.6. The van der Waals surface area contributed by atoms with E-state index in [1.807, 2.05) is 0 Å². The average Bonchev–Trinajstić information content (AvgIpc) is 3.41. The van der Waals surface area contributed by atoms with Crippen LogP contribution >= 0.6 is 0 Å². The van der Waals surface area contributed by atoms with E-state index in [9.17, 15) is 4.79 Å². The smallest absolute Gasteiger partial charge is 0.331 e. The average molecular weight is 384 g/mol. The number of rotatable bonds is 6. The van der Waals surface area contributed by atoms with Crippen molar-refractivity contribution < 1.29 is 32.6 Å². The summed E-state index contributed by atoms with van der Waals surface area (Å²) >= 11 is 0. The Morgan fingerprint density at radius 1 is 1.25 bits per heavy atom. The van der Waals surface area contributed by atoms with Gasteiger partial charge in [-0.25, -0.2) is 4.79 Å². The van der Waals surface area contributed by atoms with Gasteiger partial charge < -0.3 is 27.8 Å². The third-order valence-electron chi connectivity index (χ3n) is 3.80. The van der Waals surface area contributed by atoms with E-state index in [0.717, 1.165) is 0 Å². The molecule has 4 rings (SSSR count). The largest absolute Gasteiger partial charge is 0.493 e. The summed E-state index contributed by atoms with van der Waals surface area (Å²) in [4.78, 5) is 12.0. The molecule has 144 valence electrons. The molecule has 0 unspecified atom stereocenters. The molecule has 0 spiro atoms. The predicted molar refractivity (Wildman–Crippen MR) is 94.8 cm³/mol. The Hall–Kier alpha value is -3.75. The second-order valence-electron chi connectivity index (χ2n) is 5.67. The molecule has 0 bridgehead atoms. The van der Waals surface area contributed by atoms with Crippen molar-refractivity contribution >= 4 is 12.0 Å². The van der Waals surface area contributed by atoms with Crippen LogP contribution in [0.2, 0.25) is 0 Å². The number of fused-ring (bicyclic) bond motifs is 1. The molecule has 0 atom stereocenters. The van der Waals surface area contributed by atoms with Gasteiger partial charge in [0.25, 0.3) is 11.8 Å². The minimum absolute atomic E-state index is 0.151. The lowest BCUT2D eigenvalue weighted by Gasteiger charge is -2.20. The summed E-state index contributed by atoms with van der Waals surface area (Å²) in [5.74, 6) is 1.90. The lowest BCUT2D eigenvalue weighted by molar-refractivity contribution is -0.139. The number of esters is 1. The van der Waals surface area contributed by atoms with E-state index in [4.69, 9.17) is 27.8 Å². The minimum atomic E-state index is -0.563. The Kier molecular flexibility index (Phi) is 4.96. The van der Waals surface area contributed by atoms with Crippen molar-refractivity contribution in [2.75, 3.05) is 20.3 Å². The normalized spacial score (nSPS) is 12.9. The molecule has 0 saturated carbocycles. The predicted octanol–water partition coefficient (Wildman–Crippen LogP) is 2.87. The number of methoxy groups -OCH3 is 1. The summed E-state index contributed by atoms with van der Waals surface area (Å²) in [5.41, 5.74) is 0.705. The summed E-state index contributed by atoms with van der Waals surface area (Å²) in [6.45, 7) is 0.763. The monoisotopic (exact) mass is 384 g/mol. The molecule has 0 radical (unpaired) electrons. The van der Waals surface area contributed by atoms with Crippen molar-refractivity contribution in [3.8, 4) is 28.9 Å². The first kappa shape index (κ1) is 17.7. The van der Waals surface area contributed by atoms with E-state index in [1.165, 1.54) is 19.4 Å². The van der Waals surface area contributed by atoms with Gasteiger partial charge in [-0.1, -0.05) is 0 Å². The highest BCUT2D eigenvalue weighted by molar-refractivity contribution is 5.87. The highest BCUT2D eigenvalue weighted by Gasteiger charge is 2.18. The number of aromatic nitrogens is 2. The standard InChI is InChI=1S/C19H16N2O7/c1-23-14-9-12(10-15-18(14)26-8-7-25-15)4-5-17(22)27-11-16-20-21-19(28-16)13-3-2-6-24-13/h2-6,9-10H,7-8,11H2,1H3/b5-4+. The van der Waals surface area contributed by atoms with Gasteiger partial charge in [-0.05, 0) is 35.9 Å². The van der Waals surface area contributed by atoms with Crippen LogP contribution in [0.1, 0.15) is 11.5 Å². The van der Waals surface area contributed by atoms with Crippen LogP contribution in [-0.4, -0.2) is 36.5 Å². The molecule has 0 aliphatic carbocycles. The molecule has 0 amide bonds. The quantitative estimate of drug-likeness (QED) is 0.468. The maximum Gasteiger partial charge on any atom is 0.331 e. The van der Waals surface area contributed by atoms with Gasteiger partial charge in [0, 0.05) is 6.08 Å². The number of carbonyl (C=O) groups excluding carboxylic acids is 1. The first-order valence-electron chi connectivity index (χ1n) is 8.41. The second-order valence-corrected chi connectivity index (χ2v) is 5.67. The fourth-order valence-corrected chi connectivity index (χ4v) is 2.55. The number of hydrogen-bond acceptors (Lipinski definition) is 9. The van der Waals surface area contributed by atoms with Crippen LogP contribution in [0, 0.1) is 0 Å². The van der Waals surface area contributed by atoms with Gasteiger partial charge >= 0.3 is 5.97 Å². The van der Waals surface area contributed by atoms with E-state index in [1.54, 1.807) is 30.3 Å². The Morgan fingerprint density at radius 3 is 2.96 bits per heavy atom. The third-order valence-corrected chi connectivity index (χ3v) is 3.80. The minimum Gasteiger partial charge on any atom is -0.493 e. The topological polar surface area (TPSA) is 106 Å². The SMILES string of the molecule is COc1cc(/C=C/C(=O)OCc2nnc(-c3ccco3)o2)cc2c1OCCO2. The molecule has 28 heavy (non-hydrogen) atoms. The number of hydrogen-bond donors (Lipinski definition) is 0. The van der Waals surface area contributed by atoms with Crippen LogP contribution in [-0.2, 0) is 16.1 Å². The first-order chi connectivity index (χ1) is 13.7. The Balaban J connectivity index is 1.38. The van der Waals surface area contributed by atoms with Crippen LogP contribution in [0.3, 0.4) is 0 Å². The lowest BCUT2D eigenvalue weighted by Crippen LogP contribution is -2.16. The summed E-state index contributed by atoms with van der Waals surface area (Å²) in [7, 11) is 1.54. The molecular weight excluding hydrogens is 368 g/mol. The molecule has 0 N–H and O–H groups in total. The number of benzene rings is 1. The Bertz CT molecular complexity index is 975. The number of carbonyl (C=O) groups is 1. The molecule has 3 heterocycles. The zero-order valence-corrected chi connectivity index (χ0v) is 14.9. The van der Waals surface area contributed by atoms with Crippen LogP contribution in [0.25, 0.3) is 17.7 Å². The van der Waals surface area contributed by atoms with Gasteiger partial charge in [0.1, 0.15) is 13.2 Å². The molecule has 9 heteroatoms. The van der Waals surface area contributed by atoms with E-state index in [0.29, 0.717) is 41.8 Å². The van der Waals surface area contributed by atoms with Gasteiger partial charge in [0.05, 0.1) is 13.4 Å². The number of nitrogens with zero attached hydrogens (tertiary/aromatic N) is 2. The molecule has 0 saturated heterocycles. The summed E-state index contributed by atoms with van der Waals surface area (Å²) in [6, 6.07) is 6.89. The van der Waals surface area contributed by atoms with Gasteiger partial charge in [-0.15, -0.1) is 10.2 Å². The molecule has 1 aromatic carbocycles. The lowest BCUT2D eigenvalue weighted by atomic mass is 10.1. The molecule has 2 aromatic heterocycles. The number of ether oxygens (including phenoxy) is 4. The van der Waals surface area contributed by atoms with Crippen LogP contribution in [0.5, 0.6) is 17.2 Å². The molecular formula is C19H16N2O7. The van der Waals surface area contributed by atoms with Crippen molar-refractivity contribution in [1.29, 1.82) is 0 Å². The van der Waals surface area contributed by atoms with Crippen LogP contribution < -0.4 is 14.2 Å². The molecule has 1 aliphatic rings. The van der Waals surface area contributed by atoms with Crippen molar-refractivity contribution in [2.45, 2.75) is 6.61 Å². The van der Waals surface area contributed by atoms with Crippen LogP contribution in [0.15, 0.2) is 45.4 Å². The maximum absolute atomic E-state index is 12.0. The Morgan fingerprint density at radius 2 is 2.14 bits per heavy atom. The number of furan rings is 1. The fourth-order valence-electron chi connectivity index (χ4n) is 2.55. The van der Waals surface area contributed by atoms with E-state index < -0.39 is 5.97 Å². The second kappa shape index (κ2) is 7.87.